The second-order valence-electron chi connectivity index (χ2n) is 5.31. The molecule has 3 aromatic heterocycles. The second kappa shape index (κ2) is 4.98. The van der Waals surface area contributed by atoms with E-state index in [1.54, 1.807) is 27.7 Å². The Morgan fingerprint density at radius 3 is 2.48 bits per heavy atom. The van der Waals surface area contributed by atoms with Gasteiger partial charge in [-0.2, -0.15) is 10.2 Å². The lowest BCUT2D eigenvalue weighted by Gasteiger charge is -2.05. The van der Waals surface area contributed by atoms with Crippen LogP contribution in [0, 0.1) is 19.7 Å². The Hall–Kier alpha value is -3.09. The van der Waals surface area contributed by atoms with E-state index in [0.29, 0.717) is 11.5 Å². The zero-order valence-electron chi connectivity index (χ0n) is 12.6. The highest BCUT2D eigenvalue weighted by Crippen LogP contribution is 2.22. The van der Waals surface area contributed by atoms with Gasteiger partial charge in [0.05, 0.1) is 23.0 Å². The number of rotatable bonds is 2. The molecule has 6 nitrogen and oxygen atoms in total. The summed E-state index contributed by atoms with van der Waals surface area (Å²) < 4.78 is 16.5. The highest BCUT2D eigenvalue weighted by atomic mass is 19.1. The minimum absolute atomic E-state index is 0.289. The van der Waals surface area contributed by atoms with Crippen LogP contribution in [-0.2, 0) is 0 Å². The van der Waals surface area contributed by atoms with Crippen molar-refractivity contribution < 1.29 is 4.39 Å². The Morgan fingerprint density at radius 1 is 1.00 bits per heavy atom. The SMILES string of the molecule is Cc1cc(C)n(-c2ncnc3c2cnn3-c2ccc(F)cc2)n1. The fraction of sp³-hybridized carbons (Fsp3) is 0.125. The van der Waals surface area contributed by atoms with Gasteiger partial charge in [0.1, 0.15) is 12.1 Å². The minimum Gasteiger partial charge on any atom is -0.219 e. The molecule has 0 bridgehead atoms. The van der Waals surface area contributed by atoms with Gasteiger partial charge in [-0.25, -0.2) is 23.7 Å². The molecular weight excluding hydrogens is 295 g/mol. The molecule has 23 heavy (non-hydrogen) atoms. The fourth-order valence-corrected chi connectivity index (χ4v) is 2.62. The molecule has 0 saturated heterocycles. The van der Waals surface area contributed by atoms with Gasteiger partial charge in [0.15, 0.2) is 11.5 Å². The molecule has 4 aromatic rings. The van der Waals surface area contributed by atoms with Gasteiger partial charge in [0.25, 0.3) is 0 Å². The van der Waals surface area contributed by atoms with Crippen molar-refractivity contribution in [2.75, 3.05) is 0 Å². The van der Waals surface area contributed by atoms with Gasteiger partial charge in [-0.05, 0) is 44.2 Å². The van der Waals surface area contributed by atoms with Crippen LogP contribution in [0.5, 0.6) is 0 Å². The Morgan fingerprint density at radius 2 is 1.78 bits per heavy atom. The first kappa shape index (κ1) is 13.6. The molecular formula is C16H13FN6. The topological polar surface area (TPSA) is 61.4 Å². The molecule has 4 rings (SSSR count). The molecule has 0 fully saturated rings. The Balaban J connectivity index is 1.93. The Kier molecular flexibility index (Phi) is 2.94. The molecule has 0 aliphatic rings. The number of benzene rings is 1. The molecule has 0 spiro atoms. The maximum Gasteiger partial charge on any atom is 0.168 e. The van der Waals surface area contributed by atoms with Crippen molar-refractivity contribution in [2.45, 2.75) is 13.8 Å². The lowest BCUT2D eigenvalue weighted by Crippen LogP contribution is -2.04. The summed E-state index contributed by atoms with van der Waals surface area (Å²) in [5.41, 5.74) is 3.28. The molecule has 0 unspecified atom stereocenters. The van der Waals surface area contributed by atoms with Crippen LogP contribution in [0.4, 0.5) is 4.39 Å². The molecule has 0 aliphatic heterocycles. The average Bonchev–Trinajstić information content (AvgIpc) is 3.11. The average molecular weight is 308 g/mol. The van der Waals surface area contributed by atoms with Gasteiger partial charge in [0.2, 0.25) is 0 Å². The van der Waals surface area contributed by atoms with Crippen molar-refractivity contribution in [2.24, 2.45) is 0 Å². The lowest BCUT2D eigenvalue weighted by atomic mass is 10.3. The first-order chi connectivity index (χ1) is 11.1. The van der Waals surface area contributed by atoms with Crippen LogP contribution >= 0.6 is 0 Å². The summed E-state index contributed by atoms with van der Waals surface area (Å²) in [6.45, 7) is 3.90. The normalized spacial score (nSPS) is 11.3. The van der Waals surface area contributed by atoms with Crippen LogP contribution in [0.1, 0.15) is 11.4 Å². The smallest absolute Gasteiger partial charge is 0.168 e. The quantitative estimate of drug-likeness (QED) is 0.571. The van der Waals surface area contributed by atoms with Gasteiger partial charge < -0.3 is 0 Å². The van der Waals surface area contributed by atoms with E-state index in [0.717, 1.165) is 22.5 Å². The van der Waals surface area contributed by atoms with E-state index < -0.39 is 0 Å². The molecule has 0 atom stereocenters. The monoisotopic (exact) mass is 308 g/mol. The third kappa shape index (κ3) is 2.17. The highest BCUT2D eigenvalue weighted by Gasteiger charge is 2.14. The summed E-state index contributed by atoms with van der Waals surface area (Å²) >= 11 is 0. The largest absolute Gasteiger partial charge is 0.219 e. The van der Waals surface area contributed by atoms with Crippen molar-refractivity contribution in [3.63, 3.8) is 0 Å². The van der Waals surface area contributed by atoms with E-state index in [1.165, 1.54) is 18.5 Å². The van der Waals surface area contributed by atoms with Crippen LogP contribution in [0.15, 0.2) is 42.9 Å². The lowest BCUT2D eigenvalue weighted by molar-refractivity contribution is 0.627. The van der Waals surface area contributed by atoms with Crippen LogP contribution < -0.4 is 0 Å². The molecule has 0 aliphatic carbocycles. The van der Waals surface area contributed by atoms with Gasteiger partial charge in [-0.15, -0.1) is 0 Å². The number of aryl methyl sites for hydroxylation is 2. The minimum atomic E-state index is -0.289. The van der Waals surface area contributed by atoms with E-state index in [2.05, 4.69) is 20.2 Å². The van der Waals surface area contributed by atoms with E-state index in [-0.39, 0.29) is 5.82 Å². The number of halogens is 1. The molecule has 0 saturated carbocycles. The number of hydrogen-bond donors (Lipinski definition) is 0. The van der Waals surface area contributed by atoms with E-state index in [9.17, 15) is 4.39 Å². The van der Waals surface area contributed by atoms with Crippen LogP contribution in [-0.4, -0.2) is 29.5 Å². The molecule has 1 aromatic carbocycles. The third-order valence-corrected chi connectivity index (χ3v) is 3.63. The molecule has 3 heterocycles. The predicted octanol–water partition coefficient (Wildman–Crippen LogP) is 2.76. The van der Waals surface area contributed by atoms with Crippen molar-refractivity contribution in [1.29, 1.82) is 0 Å². The number of nitrogens with zero attached hydrogens (tertiary/aromatic N) is 6. The zero-order valence-corrected chi connectivity index (χ0v) is 12.6. The van der Waals surface area contributed by atoms with Crippen molar-refractivity contribution in [3.05, 3.63) is 60.1 Å². The summed E-state index contributed by atoms with van der Waals surface area (Å²) in [5.74, 6) is 0.386. The van der Waals surface area contributed by atoms with Gasteiger partial charge in [0, 0.05) is 5.69 Å². The van der Waals surface area contributed by atoms with E-state index >= 15 is 0 Å². The van der Waals surface area contributed by atoms with Gasteiger partial charge >= 0.3 is 0 Å². The van der Waals surface area contributed by atoms with Gasteiger partial charge in [-0.3, -0.25) is 0 Å². The van der Waals surface area contributed by atoms with Crippen LogP contribution in [0.2, 0.25) is 0 Å². The van der Waals surface area contributed by atoms with Crippen LogP contribution in [0.3, 0.4) is 0 Å². The van der Waals surface area contributed by atoms with Crippen LogP contribution in [0.25, 0.3) is 22.5 Å². The summed E-state index contributed by atoms with van der Waals surface area (Å²) in [7, 11) is 0. The highest BCUT2D eigenvalue weighted by molar-refractivity contribution is 5.83. The molecule has 7 heteroatoms. The molecule has 0 amide bonds. The maximum absolute atomic E-state index is 13.1. The summed E-state index contributed by atoms with van der Waals surface area (Å²) in [5, 5.41) is 9.61. The number of hydrogen-bond acceptors (Lipinski definition) is 4. The fourth-order valence-electron chi connectivity index (χ4n) is 2.62. The maximum atomic E-state index is 13.1. The summed E-state index contributed by atoms with van der Waals surface area (Å²) in [6, 6.07) is 8.09. The standard InChI is InChI=1S/C16H13FN6/c1-10-7-11(2)22(21-10)15-14-8-20-23(16(14)19-9-18-15)13-5-3-12(17)4-6-13/h3-9H,1-2H3. The molecule has 0 N–H and O–H groups in total. The second-order valence-corrected chi connectivity index (χ2v) is 5.31. The number of aromatic nitrogens is 6. The Bertz CT molecular complexity index is 999. The number of fused-ring (bicyclic) bond motifs is 1. The van der Waals surface area contributed by atoms with E-state index in [1.807, 2.05) is 19.9 Å². The van der Waals surface area contributed by atoms with Gasteiger partial charge in [-0.1, -0.05) is 0 Å². The first-order valence-electron chi connectivity index (χ1n) is 7.12. The Labute approximate surface area is 131 Å². The summed E-state index contributed by atoms with van der Waals surface area (Å²) in [6.07, 6.45) is 3.18. The summed E-state index contributed by atoms with van der Waals surface area (Å²) in [4.78, 5) is 8.67. The predicted molar refractivity (Wildman–Crippen MR) is 83.2 cm³/mol. The van der Waals surface area contributed by atoms with E-state index in [4.69, 9.17) is 0 Å². The van der Waals surface area contributed by atoms with Crippen molar-refractivity contribution in [3.8, 4) is 11.5 Å². The molecule has 0 radical (unpaired) electrons. The third-order valence-electron chi connectivity index (χ3n) is 3.63. The van der Waals surface area contributed by atoms with Crippen molar-refractivity contribution in [1.82, 2.24) is 29.5 Å². The molecule has 114 valence electrons. The first-order valence-corrected chi connectivity index (χ1v) is 7.12. The zero-order chi connectivity index (χ0) is 16.0. The van der Waals surface area contributed by atoms with Crippen molar-refractivity contribution >= 4 is 11.0 Å².